The summed E-state index contributed by atoms with van der Waals surface area (Å²) >= 11 is 0. The first-order valence-corrected chi connectivity index (χ1v) is 2.57. The van der Waals surface area contributed by atoms with Crippen LogP contribution in [0.5, 0.6) is 0 Å². The monoisotopic (exact) mass is 119 g/mol. The van der Waals surface area contributed by atoms with E-state index in [9.17, 15) is 0 Å². The van der Waals surface area contributed by atoms with Crippen LogP contribution >= 0.6 is 0 Å². The lowest BCUT2D eigenvalue weighted by Crippen LogP contribution is -2.35. The van der Waals surface area contributed by atoms with Gasteiger partial charge in [0.2, 0.25) is 0 Å². The second-order valence-electron chi connectivity index (χ2n) is 1.62. The molecule has 0 spiro atoms. The Morgan fingerprint density at radius 3 is 2.38 bits per heavy atom. The Labute approximate surface area is 47.5 Å². The molecule has 0 atom stereocenters. The Balaban J connectivity index is 2.13. The topological polar surface area (TPSA) is 41.9 Å². The van der Waals surface area contributed by atoms with Gasteiger partial charge < -0.3 is 4.74 Å². The number of hydroxylamine groups is 2. The quantitative estimate of drug-likeness (QED) is 0.381. The van der Waals surface area contributed by atoms with Gasteiger partial charge in [0.15, 0.2) is 0 Å². The summed E-state index contributed by atoms with van der Waals surface area (Å²) in [6.45, 7) is 2.58. The Morgan fingerprint density at radius 1 is 1.38 bits per heavy atom. The van der Waals surface area contributed by atoms with E-state index >= 15 is 0 Å². The highest BCUT2D eigenvalue weighted by Crippen LogP contribution is 1.93. The zero-order valence-corrected chi connectivity index (χ0v) is 4.54. The zero-order chi connectivity index (χ0) is 5.82. The van der Waals surface area contributed by atoms with Crippen molar-refractivity contribution in [3.63, 3.8) is 0 Å². The molecule has 0 bridgehead atoms. The number of ether oxygens (including phenoxy) is 1. The molecule has 0 saturated carbocycles. The first-order valence-electron chi connectivity index (χ1n) is 2.57. The molecule has 0 aliphatic carbocycles. The highest BCUT2D eigenvalue weighted by molar-refractivity contribution is 4.49. The normalized spacial score (nSPS) is 23.6. The molecule has 1 N–H and O–H groups in total. The summed E-state index contributed by atoms with van der Waals surface area (Å²) in [5.41, 5.74) is 0. The van der Waals surface area contributed by atoms with Gasteiger partial charge in [0.05, 0.1) is 26.3 Å². The molecular weight excluding hydrogens is 110 g/mol. The van der Waals surface area contributed by atoms with E-state index in [4.69, 9.17) is 9.99 Å². The van der Waals surface area contributed by atoms with Gasteiger partial charge >= 0.3 is 0 Å². The summed E-state index contributed by atoms with van der Waals surface area (Å²) in [7, 11) is 0. The molecule has 0 amide bonds. The van der Waals surface area contributed by atoms with Crippen molar-refractivity contribution < 1.29 is 15.0 Å². The average molecular weight is 119 g/mol. The largest absolute Gasteiger partial charge is 0.379 e. The Hall–Kier alpha value is -0.160. The fourth-order valence-corrected chi connectivity index (χ4v) is 0.628. The van der Waals surface area contributed by atoms with Gasteiger partial charge in [0.25, 0.3) is 0 Å². The van der Waals surface area contributed by atoms with Crippen molar-refractivity contribution in [3.05, 3.63) is 0 Å². The summed E-state index contributed by atoms with van der Waals surface area (Å²) in [5, 5.41) is 9.51. The maximum absolute atomic E-state index is 8.06. The number of nitrogens with zero attached hydrogens (tertiary/aromatic N) is 1. The van der Waals surface area contributed by atoms with Crippen molar-refractivity contribution in [1.29, 1.82) is 0 Å². The molecule has 1 aliphatic heterocycles. The third-order valence-corrected chi connectivity index (χ3v) is 1.09. The summed E-state index contributed by atoms with van der Waals surface area (Å²) in [5.74, 6) is 0. The van der Waals surface area contributed by atoms with Crippen LogP contribution in [0, 0.1) is 0 Å². The highest BCUT2D eigenvalue weighted by Gasteiger charge is 2.08. The van der Waals surface area contributed by atoms with Gasteiger partial charge in [-0.05, 0) is 0 Å². The van der Waals surface area contributed by atoms with Crippen molar-refractivity contribution in [1.82, 2.24) is 5.06 Å². The van der Waals surface area contributed by atoms with Gasteiger partial charge in [-0.25, -0.2) is 5.26 Å². The number of hydrogen-bond acceptors (Lipinski definition) is 4. The average Bonchev–Trinajstić information content (AvgIpc) is 1.90. The van der Waals surface area contributed by atoms with Gasteiger partial charge in [-0.1, -0.05) is 0 Å². The van der Waals surface area contributed by atoms with Gasteiger partial charge in [0, 0.05) is 0 Å². The Kier molecular flexibility index (Phi) is 2.23. The van der Waals surface area contributed by atoms with Crippen molar-refractivity contribution in [3.8, 4) is 0 Å². The Morgan fingerprint density at radius 2 is 2.00 bits per heavy atom. The van der Waals surface area contributed by atoms with Crippen LogP contribution in [0.4, 0.5) is 0 Å². The van der Waals surface area contributed by atoms with E-state index in [-0.39, 0.29) is 0 Å². The smallest absolute Gasteiger partial charge is 0.0618 e. The van der Waals surface area contributed by atoms with E-state index in [1.165, 1.54) is 5.06 Å². The standard InChI is InChI=1S/C4H9NO3/c6-8-5-1-3-7-4-2-5/h6H,1-4H2. The van der Waals surface area contributed by atoms with E-state index in [1.54, 1.807) is 0 Å². The second kappa shape index (κ2) is 2.99. The molecule has 1 aliphatic rings. The molecule has 4 nitrogen and oxygen atoms in total. The predicted molar refractivity (Wildman–Crippen MR) is 26.1 cm³/mol. The lowest BCUT2D eigenvalue weighted by Gasteiger charge is -2.21. The highest BCUT2D eigenvalue weighted by atomic mass is 17.2. The van der Waals surface area contributed by atoms with Crippen molar-refractivity contribution in [2.75, 3.05) is 26.3 Å². The number of hydrogen-bond donors (Lipinski definition) is 1. The maximum atomic E-state index is 8.06. The van der Waals surface area contributed by atoms with E-state index < -0.39 is 0 Å². The van der Waals surface area contributed by atoms with Crippen LogP contribution in [0.3, 0.4) is 0 Å². The van der Waals surface area contributed by atoms with Gasteiger partial charge in [-0.2, -0.15) is 5.06 Å². The van der Waals surface area contributed by atoms with Crippen molar-refractivity contribution >= 4 is 0 Å². The van der Waals surface area contributed by atoms with Crippen LogP contribution in [0.15, 0.2) is 0 Å². The molecule has 0 aromatic carbocycles. The third-order valence-electron chi connectivity index (χ3n) is 1.09. The van der Waals surface area contributed by atoms with Crippen LogP contribution in [-0.2, 0) is 9.73 Å². The summed E-state index contributed by atoms with van der Waals surface area (Å²) in [6, 6.07) is 0. The first-order chi connectivity index (χ1) is 3.93. The van der Waals surface area contributed by atoms with Crippen LogP contribution < -0.4 is 0 Å². The molecule has 48 valence electrons. The molecule has 0 aromatic heterocycles. The molecule has 1 rings (SSSR count). The van der Waals surface area contributed by atoms with Crippen molar-refractivity contribution in [2.24, 2.45) is 0 Å². The van der Waals surface area contributed by atoms with E-state index in [0.29, 0.717) is 26.3 Å². The van der Waals surface area contributed by atoms with E-state index in [1.807, 2.05) is 0 Å². The molecule has 1 saturated heterocycles. The minimum Gasteiger partial charge on any atom is -0.379 e. The van der Waals surface area contributed by atoms with E-state index in [2.05, 4.69) is 4.99 Å². The summed E-state index contributed by atoms with van der Waals surface area (Å²) in [6.07, 6.45) is 0. The molecule has 1 fully saturated rings. The fourth-order valence-electron chi connectivity index (χ4n) is 0.628. The lowest BCUT2D eigenvalue weighted by molar-refractivity contribution is -0.405. The fraction of sp³-hybridized carbons (Fsp3) is 1.00. The second-order valence-corrected chi connectivity index (χ2v) is 1.62. The van der Waals surface area contributed by atoms with Crippen LogP contribution in [-0.4, -0.2) is 36.6 Å². The van der Waals surface area contributed by atoms with Gasteiger partial charge in [-0.15, -0.1) is 4.99 Å². The lowest BCUT2D eigenvalue weighted by atomic mass is 10.5. The Bertz CT molecular complexity index is 62.3. The summed E-state index contributed by atoms with van der Waals surface area (Å²) < 4.78 is 4.97. The molecule has 1 heterocycles. The van der Waals surface area contributed by atoms with Gasteiger partial charge in [0.1, 0.15) is 0 Å². The van der Waals surface area contributed by atoms with E-state index in [0.717, 1.165) is 0 Å². The number of morpholine rings is 1. The van der Waals surface area contributed by atoms with Crippen molar-refractivity contribution in [2.45, 2.75) is 0 Å². The van der Waals surface area contributed by atoms with Crippen LogP contribution in [0.2, 0.25) is 0 Å². The number of rotatable bonds is 1. The minimum atomic E-state index is 0.639. The first kappa shape index (κ1) is 5.97. The molecule has 0 aromatic rings. The maximum Gasteiger partial charge on any atom is 0.0618 e. The molecule has 4 heteroatoms. The predicted octanol–water partition coefficient (Wildman–Crippen LogP) is -0.277. The summed E-state index contributed by atoms with van der Waals surface area (Å²) in [4.78, 5) is 3.94. The molecule has 0 unspecified atom stereocenters. The van der Waals surface area contributed by atoms with Gasteiger partial charge in [-0.3, -0.25) is 0 Å². The minimum absolute atomic E-state index is 0.639. The molecule has 0 radical (unpaired) electrons. The molecular formula is C4H9NO3. The van der Waals surface area contributed by atoms with Crippen LogP contribution in [0.1, 0.15) is 0 Å². The van der Waals surface area contributed by atoms with Crippen LogP contribution in [0.25, 0.3) is 0 Å². The SMILES string of the molecule is OON1CCOCC1. The molecule has 8 heavy (non-hydrogen) atoms. The third kappa shape index (κ3) is 1.41. The zero-order valence-electron chi connectivity index (χ0n) is 4.54.